The summed E-state index contributed by atoms with van der Waals surface area (Å²) in [7, 11) is -1.93. The number of piperazine rings is 1. The smallest absolute Gasteiger partial charge is 0.340 e. The number of carbonyl (C=O) groups is 1. The van der Waals surface area contributed by atoms with E-state index in [9.17, 15) is 14.5 Å². The van der Waals surface area contributed by atoms with Crippen molar-refractivity contribution >= 4 is 13.6 Å². The molecule has 1 aliphatic heterocycles. The summed E-state index contributed by atoms with van der Waals surface area (Å²) < 4.78 is 24.0. The molecule has 1 unspecified atom stereocenters. The van der Waals surface area contributed by atoms with Crippen LogP contribution in [0.15, 0.2) is 0 Å². The lowest BCUT2D eigenvalue weighted by Gasteiger charge is -2.39. The molecule has 9 heteroatoms. The fourth-order valence-corrected chi connectivity index (χ4v) is 3.26. The van der Waals surface area contributed by atoms with Crippen LogP contribution in [0, 0.1) is 0 Å². The van der Waals surface area contributed by atoms with Crippen molar-refractivity contribution in [3.63, 3.8) is 0 Å². The highest BCUT2D eigenvalue weighted by atomic mass is 31.2. The van der Waals surface area contributed by atoms with Gasteiger partial charge in [0.15, 0.2) is 0 Å². The topological polar surface area (TPSA) is 105 Å². The molecule has 8 nitrogen and oxygen atoms in total. The summed E-state index contributed by atoms with van der Waals surface area (Å²) in [4.78, 5) is 14.3. The Kier molecular flexibility index (Phi) is 6.78. The van der Waals surface area contributed by atoms with Gasteiger partial charge in [0.1, 0.15) is 5.60 Å². The molecule has 0 aromatic heterocycles. The Hall–Kier alpha value is -0.500. The molecule has 0 aromatic carbocycles. The molecular formula is C14H30N3O5P. The van der Waals surface area contributed by atoms with E-state index in [2.05, 4.69) is 0 Å². The number of hydrogen-bond donors (Lipinski definition) is 2. The van der Waals surface area contributed by atoms with Crippen molar-refractivity contribution in [1.29, 1.82) is 0 Å². The van der Waals surface area contributed by atoms with Gasteiger partial charge in [-0.05, 0) is 34.1 Å². The maximum absolute atomic E-state index is 12.6. The lowest BCUT2D eigenvalue weighted by molar-refractivity contribution is -0.157. The third-order valence-electron chi connectivity index (χ3n) is 3.89. The zero-order valence-electron chi connectivity index (χ0n) is 14.7. The normalized spacial score (nSPS) is 20.4. The molecule has 23 heavy (non-hydrogen) atoms. The van der Waals surface area contributed by atoms with Gasteiger partial charge in [-0.1, -0.05) is 0 Å². The minimum absolute atomic E-state index is 0.128. The van der Waals surface area contributed by atoms with Gasteiger partial charge in [-0.25, -0.2) is 10.2 Å². The molecular weight excluding hydrogens is 321 g/mol. The van der Waals surface area contributed by atoms with E-state index in [1.165, 1.54) is 7.11 Å². The van der Waals surface area contributed by atoms with Crippen molar-refractivity contribution in [3.05, 3.63) is 0 Å². The van der Waals surface area contributed by atoms with Gasteiger partial charge in [0, 0.05) is 33.3 Å². The van der Waals surface area contributed by atoms with E-state index in [0.29, 0.717) is 39.2 Å². The molecule has 0 bridgehead atoms. The quantitative estimate of drug-likeness (QED) is 0.654. The van der Waals surface area contributed by atoms with Gasteiger partial charge in [0.05, 0.1) is 12.2 Å². The third-order valence-corrected chi connectivity index (χ3v) is 5.60. The third kappa shape index (κ3) is 6.14. The first kappa shape index (κ1) is 20.5. The number of aliphatic hydroxyl groups is 1. The number of ether oxygens (including phenoxy) is 1. The molecule has 0 radical (unpaired) electrons. The van der Waals surface area contributed by atoms with Gasteiger partial charge in [-0.15, -0.1) is 0 Å². The first-order valence-electron chi connectivity index (χ1n) is 7.74. The van der Waals surface area contributed by atoms with Crippen LogP contribution < -0.4 is 5.50 Å². The van der Waals surface area contributed by atoms with Crippen molar-refractivity contribution in [2.24, 2.45) is 5.50 Å². The Bertz CT molecular complexity index is 456. The molecule has 1 amide bonds. The number of carbonyl (C=O) groups excluding carboxylic acids is 1. The van der Waals surface area contributed by atoms with Crippen LogP contribution in [0.2, 0.25) is 0 Å². The fourth-order valence-electron chi connectivity index (χ4n) is 2.29. The minimum atomic E-state index is -3.25. The van der Waals surface area contributed by atoms with Crippen LogP contribution in [0.5, 0.6) is 0 Å². The second-order valence-corrected chi connectivity index (χ2v) is 8.97. The molecule has 0 aliphatic carbocycles. The van der Waals surface area contributed by atoms with Gasteiger partial charge < -0.3 is 19.3 Å². The maximum Gasteiger partial charge on any atom is 0.340 e. The van der Waals surface area contributed by atoms with Crippen LogP contribution in [0.1, 0.15) is 34.1 Å². The summed E-state index contributed by atoms with van der Waals surface area (Å²) in [5.41, 5.74) is 3.81. The zero-order valence-corrected chi connectivity index (χ0v) is 15.6. The van der Waals surface area contributed by atoms with Crippen LogP contribution >= 0.6 is 7.67 Å². The Morgan fingerprint density at radius 3 is 2.17 bits per heavy atom. The van der Waals surface area contributed by atoms with Gasteiger partial charge in [0.25, 0.3) is 5.91 Å². The number of nitrogens with two attached hydrogens (primary N) is 1. The van der Waals surface area contributed by atoms with Gasteiger partial charge in [-0.2, -0.15) is 0 Å². The largest absolute Gasteiger partial charge is 0.390 e. The first-order valence-corrected chi connectivity index (χ1v) is 9.39. The Morgan fingerprint density at radius 2 is 1.74 bits per heavy atom. The molecule has 0 saturated carbocycles. The van der Waals surface area contributed by atoms with Gasteiger partial charge >= 0.3 is 7.67 Å². The molecule has 1 atom stereocenters. The molecule has 1 fully saturated rings. The van der Waals surface area contributed by atoms with Crippen LogP contribution in [0.3, 0.4) is 0 Å². The Balaban J connectivity index is 2.53. The maximum atomic E-state index is 12.6. The lowest BCUT2D eigenvalue weighted by Crippen LogP contribution is -2.54. The highest BCUT2D eigenvalue weighted by Gasteiger charge is 2.37. The summed E-state index contributed by atoms with van der Waals surface area (Å²) in [6.45, 7) is 8.76. The number of nitrogens with zero attached hydrogens (tertiary/aromatic N) is 2. The number of amides is 1. The molecule has 1 aliphatic rings. The standard InChI is InChI=1S/C14H30N3O5P/c1-13(2,19)6-11-22-14(3,4)12(18)16-7-9-17(10-8-16)23(15,20)21-5/h19H,6-11H2,1-5H3,(H2,15,20). The first-order chi connectivity index (χ1) is 10.4. The van der Waals surface area contributed by atoms with Crippen molar-refractivity contribution < 1.29 is 23.7 Å². The van der Waals surface area contributed by atoms with Crippen LogP contribution in [0.25, 0.3) is 0 Å². The van der Waals surface area contributed by atoms with E-state index in [1.54, 1.807) is 37.3 Å². The number of hydrogen-bond acceptors (Lipinski definition) is 5. The van der Waals surface area contributed by atoms with Crippen molar-refractivity contribution in [3.8, 4) is 0 Å². The summed E-state index contributed by atoms with van der Waals surface area (Å²) in [6, 6.07) is 0. The summed E-state index contributed by atoms with van der Waals surface area (Å²) in [5.74, 6) is -0.128. The second kappa shape index (κ2) is 7.59. The monoisotopic (exact) mass is 351 g/mol. The average Bonchev–Trinajstić information content (AvgIpc) is 2.45. The number of rotatable bonds is 7. The van der Waals surface area contributed by atoms with E-state index in [4.69, 9.17) is 14.8 Å². The zero-order chi connectivity index (χ0) is 17.9. The Morgan fingerprint density at radius 1 is 1.22 bits per heavy atom. The van der Waals surface area contributed by atoms with E-state index in [-0.39, 0.29) is 5.91 Å². The Labute approximate surface area is 138 Å². The predicted molar refractivity (Wildman–Crippen MR) is 87.9 cm³/mol. The molecule has 0 aromatic rings. The fraction of sp³-hybridized carbons (Fsp3) is 0.929. The molecule has 1 heterocycles. The molecule has 0 spiro atoms. The van der Waals surface area contributed by atoms with E-state index in [1.807, 2.05) is 0 Å². The van der Waals surface area contributed by atoms with Gasteiger partial charge in [-0.3, -0.25) is 9.36 Å². The second-order valence-electron chi connectivity index (χ2n) is 6.91. The SMILES string of the molecule is COP(N)(=O)N1CCN(C(=O)C(C)(C)OCCC(C)(C)O)CC1. The summed E-state index contributed by atoms with van der Waals surface area (Å²) in [5, 5.41) is 9.70. The van der Waals surface area contributed by atoms with Crippen molar-refractivity contribution in [2.45, 2.75) is 45.3 Å². The highest BCUT2D eigenvalue weighted by molar-refractivity contribution is 7.53. The lowest BCUT2D eigenvalue weighted by atomic mass is 10.0. The van der Waals surface area contributed by atoms with Gasteiger partial charge in [0.2, 0.25) is 0 Å². The van der Waals surface area contributed by atoms with Crippen LogP contribution in [-0.2, 0) is 18.6 Å². The van der Waals surface area contributed by atoms with Crippen LogP contribution in [0.4, 0.5) is 0 Å². The summed E-state index contributed by atoms with van der Waals surface area (Å²) in [6.07, 6.45) is 0.446. The van der Waals surface area contributed by atoms with E-state index < -0.39 is 18.9 Å². The highest BCUT2D eigenvalue weighted by Crippen LogP contribution is 2.41. The van der Waals surface area contributed by atoms with Crippen molar-refractivity contribution in [2.75, 3.05) is 39.9 Å². The van der Waals surface area contributed by atoms with E-state index in [0.717, 1.165) is 0 Å². The minimum Gasteiger partial charge on any atom is -0.390 e. The average molecular weight is 351 g/mol. The molecule has 3 N–H and O–H groups in total. The van der Waals surface area contributed by atoms with Crippen molar-refractivity contribution in [1.82, 2.24) is 9.57 Å². The molecule has 136 valence electrons. The predicted octanol–water partition coefficient (Wildman–Crippen LogP) is 0.800. The molecule has 1 rings (SSSR count). The van der Waals surface area contributed by atoms with Crippen LogP contribution in [-0.4, -0.2) is 71.7 Å². The van der Waals surface area contributed by atoms with E-state index >= 15 is 0 Å². The summed E-state index contributed by atoms with van der Waals surface area (Å²) >= 11 is 0. The molecule has 1 saturated heterocycles.